The Morgan fingerprint density at radius 1 is 0.696 bits per heavy atom. The van der Waals surface area contributed by atoms with Crippen LogP contribution in [0.4, 0.5) is 44.2 Å². The first-order valence-corrected chi connectivity index (χ1v) is 22.4. The van der Waals surface area contributed by atoms with Crippen LogP contribution in [0.25, 0.3) is 0 Å². The van der Waals surface area contributed by atoms with E-state index in [2.05, 4.69) is 60.3 Å². The van der Waals surface area contributed by atoms with Crippen LogP contribution in [-0.4, -0.2) is 165 Å². The van der Waals surface area contributed by atoms with Crippen LogP contribution >= 0.6 is 0 Å². The first-order chi connectivity index (χ1) is 33.1. The molecular weight excluding hydrogens is 905 g/mol. The number of rotatable bonds is 10. The van der Waals surface area contributed by atoms with Crippen LogP contribution in [0.3, 0.4) is 0 Å². The summed E-state index contributed by atoms with van der Waals surface area (Å²) in [5.74, 6) is -1.98. The maximum absolute atomic E-state index is 13.4. The van der Waals surface area contributed by atoms with Crippen molar-refractivity contribution in [3.63, 3.8) is 0 Å². The molecule has 0 saturated carbocycles. The van der Waals surface area contributed by atoms with Gasteiger partial charge in [-0.2, -0.15) is 0 Å². The number of methoxy groups -OCH3 is 1. The fourth-order valence-electron chi connectivity index (χ4n) is 8.82. The van der Waals surface area contributed by atoms with E-state index in [-0.39, 0.29) is 72.5 Å². The summed E-state index contributed by atoms with van der Waals surface area (Å²) in [6.45, 7) is 11.6. The summed E-state index contributed by atoms with van der Waals surface area (Å²) in [7, 11) is 1.26. The third-order valence-corrected chi connectivity index (χ3v) is 11.9. The predicted molar refractivity (Wildman–Crippen MR) is 241 cm³/mol. The van der Waals surface area contributed by atoms with E-state index in [9.17, 15) is 24.3 Å². The van der Waals surface area contributed by atoms with Crippen molar-refractivity contribution < 1.29 is 57.4 Å². The summed E-state index contributed by atoms with van der Waals surface area (Å²) >= 11 is 0. The number of aromatic carboxylic acids is 1. The first-order valence-electron chi connectivity index (χ1n) is 22.4. The molecule has 4 atom stereocenters. The van der Waals surface area contributed by atoms with E-state index in [0.29, 0.717) is 49.4 Å². The Labute approximate surface area is 395 Å². The normalized spacial score (nSPS) is 22.6. The van der Waals surface area contributed by atoms with E-state index in [1.807, 2.05) is 27.7 Å². The molecule has 3 N–H and O–H groups in total. The molecule has 26 nitrogen and oxygen atoms in total. The fourth-order valence-corrected chi connectivity index (χ4v) is 8.82. The third-order valence-electron chi connectivity index (χ3n) is 11.9. The highest BCUT2D eigenvalue weighted by atomic mass is 16.8. The van der Waals surface area contributed by atoms with Gasteiger partial charge in [-0.25, -0.2) is 59.0 Å². The van der Waals surface area contributed by atoms with E-state index in [1.54, 1.807) is 11.1 Å². The molecule has 69 heavy (non-hydrogen) atoms. The maximum Gasteiger partial charge on any atom is 0.376 e. The van der Waals surface area contributed by atoms with Gasteiger partial charge in [0.25, 0.3) is 0 Å². The summed E-state index contributed by atoms with van der Waals surface area (Å²) in [6.07, 6.45) is 8.55. The summed E-state index contributed by atoms with van der Waals surface area (Å²) < 4.78 is 38.7. The monoisotopic (exact) mass is 956 g/mol. The molecule has 4 saturated heterocycles. The van der Waals surface area contributed by atoms with Gasteiger partial charge in [0.2, 0.25) is 23.4 Å². The molecule has 10 rings (SSSR count). The van der Waals surface area contributed by atoms with Crippen LogP contribution in [0.15, 0.2) is 37.2 Å². The number of hydrogen-bond donors (Lipinski definition) is 3. The number of carbonyl (C=O) groups excluding carboxylic acids is 3. The molecule has 0 aliphatic carbocycles. The number of piperidine rings is 2. The summed E-state index contributed by atoms with van der Waals surface area (Å²) in [6, 6.07) is 1.89. The molecule has 366 valence electrons. The van der Waals surface area contributed by atoms with E-state index in [1.165, 1.54) is 43.0 Å². The van der Waals surface area contributed by atoms with E-state index >= 15 is 0 Å². The Morgan fingerprint density at radius 2 is 1.16 bits per heavy atom. The van der Waals surface area contributed by atoms with Gasteiger partial charge in [-0.3, -0.25) is 20.4 Å². The Morgan fingerprint density at radius 3 is 1.59 bits per heavy atom. The van der Waals surface area contributed by atoms with Crippen molar-refractivity contribution in [2.24, 2.45) is 0 Å². The van der Waals surface area contributed by atoms with Gasteiger partial charge < -0.3 is 48.1 Å². The molecule has 4 amide bonds. The third kappa shape index (κ3) is 10.6. The van der Waals surface area contributed by atoms with Crippen molar-refractivity contribution >= 4 is 58.6 Å². The molecule has 6 aliphatic rings. The van der Waals surface area contributed by atoms with Gasteiger partial charge in [0.05, 0.1) is 56.2 Å². The highest BCUT2D eigenvalue weighted by Gasteiger charge is 2.41. The number of nitrogens with one attached hydrogen (secondary N) is 2. The minimum absolute atomic E-state index is 0.107. The number of anilines is 6. The highest BCUT2D eigenvalue weighted by molar-refractivity contribution is 6.05. The van der Waals surface area contributed by atoms with E-state index in [0.717, 1.165) is 38.8 Å². The van der Waals surface area contributed by atoms with Gasteiger partial charge in [-0.15, -0.1) is 0 Å². The van der Waals surface area contributed by atoms with Crippen LogP contribution in [-0.2, 0) is 23.7 Å². The number of carboxylic acid groups (broad SMARTS) is 1. The lowest BCUT2D eigenvalue weighted by Gasteiger charge is -2.45. The summed E-state index contributed by atoms with van der Waals surface area (Å²) in [5.41, 5.74) is 1.32. The summed E-state index contributed by atoms with van der Waals surface area (Å²) in [4.78, 5) is 90.5. The number of urea groups is 2. The number of amides is 4. The van der Waals surface area contributed by atoms with Gasteiger partial charge in [0.15, 0.2) is 23.2 Å². The van der Waals surface area contributed by atoms with Crippen molar-refractivity contribution in [2.75, 3.05) is 89.9 Å². The molecule has 4 aromatic rings. The van der Waals surface area contributed by atoms with E-state index in [4.69, 9.17) is 33.2 Å². The standard InChI is InChI=1S/C22H27N7O6.C21H25N7O6/c1-22(2)34-11-14(35-22)10-33-17-7-16(24-12-25-17)26-21(31)29-13-5-4-6-28(9-13)15-8-23-18(20(30)32-3)27-19(15)29;1-21(2)33-10-13(34-21)9-32-16-6-15(23-11-24-16)25-20(31)28-12-4-3-5-27(8-12)14-7-22-17(19(29)30)26-18(14)28/h7-8,12-14H,4-6,9-11H2,1-3H3,(H,24,25,26,31);6-7,11-13H,3-5,8-10H2,1-2H3,(H,29,30)(H,23,24,25,31)/t13-,14-;12-,13-/m00/s1. The number of carbonyl (C=O) groups is 4. The minimum atomic E-state index is -1.26. The quantitative estimate of drug-likeness (QED) is 0.192. The lowest BCUT2D eigenvalue weighted by atomic mass is 10.0. The SMILES string of the molecule is CC1(C)OC[C@H](COc2cc(NC(=O)N3c4nc(C(=O)O)ncc4N4CCC[C@H]3C4)ncn2)O1.COC(=O)c1ncc2c(n1)N(C(=O)Nc1cc(OC[C@H]3COC(C)(C)O3)ncn1)[C@H]1CCCN2C1. The van der Waals surface area contributed by atoms with Crippen LogP contribution in [0.1, 0.15) is 74.6 Å². The predicted octanol–water partition coefficient (Wildman–Crippen LogP) is 3.12. The second-order valence-electron chi connectivity index (χ2n) is 17.7. The lowest BCUT2D eigenvalue weighted by Crippen LogP contribution is -2.56. The van der Waals surface area contributed by atoms with Crippen LogP contribution in [0.2, 0.25) is 0 Å². The Hall–Kier alpha value is -7.16. The lowest BCUT2D eigenvalue weighted by molar-refractivity contribution is -0.142. The number of hydrogen-bond acceptors (Lipinski definition) is 21. The number of esters is 1. The second kappa shape index (κ2) is 19.4. The van der Waals surface area contributed by atoms with Gasteiger partial charge in [-0.1, -0.05) is 0 Å². The van der Waals surface area contributed by atoms with Crippen LogP contribution in [0.5, 0.6) is 11.8 Å². The highest BCUT2D eigenvalue weighted by Crippen LogP contribution is 2.39. The zero-order valence-corrected chi connectivity index (χ0v) is 38.6. The number of nitrogens with zero attached hydrogens (tertiary/aromatic N) is 12. The van der Waals surface area contributed by atoms with Gasteiger partial charge in [-0.05, 0) is 53.4 Å². The second-order valence-corrected chi connectivity index (χ2v) is 17.7. The zero-order valence-electron chi connectivity index (χ0n) is 38.6. The molecule has 4 bridgehead atoms. The van der Waals surface area contributed by atoms with E-state index < -0.39 is 35.6 Å². The molecule has 0 unspecified atom stereocenters. The van der Waals surface area contributed by atoms with Gasteiger partial charge >= 0.3 is 24.0 Å². The molecule has 0 spiro atoms. The molecule has 4 aromatic heterocycles. The average Bonchev–Trinajstić information content (AvgIpc) is 3.88. The van der Waals surface area contributed by atoms with Crippen molar-refractivity contribution in [1.82, 2.24) is 39.9 Å². The zero-order chi connectivity index (χ0) is 48.5. The first kappa shape index (κ1) is 46.9. The molecule has 0 radical (unpaired) electrons. The van der Waals surface area contributed by atoms with Crippen LogP contribution in [0, 0.1) is 0 Å². The molecule has 26 heteroatoms. The van der Waals surface area contributed by atoms with Gasteiger partial charge in [0.1, 0.15) is 49.7 Å². The average molecular weight is 957 g/mol. The Kier molecular flexibility index (Phi) is 13.2. The molecular formula is C43H52N14O12. The van der Waals surface area contributed by atoms with Crippen molar-refractivity contribution in [3.8, 4) is 11.8 Å². The molecule has 10 heterocycles. The molecule has 0 aromatic carbocycles. The molecule has 4 fully saturated rings. The smallest absolute Gasteiger partial charge is 0.376 e. The number of aromatic nitrogens is 8. The van der Waals surface area contributed by atoms with Crippen molar-refractivity contribution in [1.29, 1.82) is 0 Å². The number of carboxylic acids is 1. The summed E-state index contributed by atoms with van der Waals surface area (Å²) in [5, 5.41) is 14.9. The van der Waals surface area contributed by atoms with Crippen LogP contribution < -0.4 is 39.7 Å². The minimum Gasteiger partial charge on any atom is -0.475 e. The van der Waals surface area contributed by atoms with Gasteiger partial charge in [0, 0.05) is 38.3 Å². The maximum atomic E-state index is 13.4. The topological polar surface area (TPSA) is 293 Å². The Balaban J connectivity index is 0.000000172. The number of ether oxygens (including phenoxy) is 7. The van der Waals surface area contributed by atoms with Crippen molar-refractivity contribution in [3.05, 3.63) is 48.8 Å². The Bertz CT molecular complexity index is 2590. The number of fused-ring (bicyclic) bond motifs is 8. The fraction of sp³-hybridized carbons (Fsp3) is 0.535. The molecule has 6 aliphatic heterocycles. The largest absolute Gasteiger partial charge is 0.475 e. The van der Waals surface area contributed by atoms with Crippen molar-refractivity contribution in [2.45, 2.75) is 89.2 Å².